The van der Waals surface area contributed by atoms with Crippen molar-refractivity contribution in [3.63, 3.8) is 0 Å². The van der Waals surface area contributed by atoms with Gasteiger partial charge in [0.1, 0.15) is 12.4 Å². The summed E-state index contributed by atoms with van der Waals surface area (Å²) in [6.07, 6.45) is 0. The molecule has 0 N–H and O–H groups in total. The van der Waals surface area contributed by atoms with E-state index < -0.39 is 5.97 Å². The molecule has 6 heteroatoms. The van der Waals surface area contributed by atoms with Gasteiger partial charge >= 0.3 is 5.97 Å². The fraction of sp³-hybridized carbons (Fsp3) is 0.118. The van der Waals surface area contributed by atoms with Crippen LogP contribution in [-0.2, 0) is 16.1 Å². The summed E-state index contributed by atoms with van der Waals surface area (Å²) < 4.78 is 5.97. The van der Waals surface area contributed by atoms with Gasteiger partial charge in [-0.05, 0) is 24.3 Å². The molecule has 0 aliphatic carbocycles. The molecule has 2 aromatic carbocycles. The predicted molar refractivity (Wildman–Crippen MR) is 88.5 cm³/mol. The molecule has 23 heavy (non-hydrogen) atoms. The topological polar surface area (TPSA) is 61.2 Å². The molecule has 0 spiro atoms. The van der Waals surface area contributed by atoms with E-state index in [0.717, 1.165) is 0 Å². The number of fused-ring (bicyclic) bond motifs is 1. The lowest BCUT2D eigenvalue weighted by Crippen LogP contribution is -2.27. The number of carbonyl (C=O) groups is 1. The smallest absolute Gasteiger partial charge is 0.325 e. The molecular formula is C17H13ClN2O3. The zero-order chi connectivity index (χ0) is 16.4. The van der Waals surface area contributed by atoms with Gasteiger partial charge in [-0.1, -0.05) is 35.9 Å². The fourth-order valence-electron chi connectivity index (χ4n) is 2.36. The molecule has 0 atom stereocenters. The molecule has 0 unspecified atom stereocenters. The van der Waals surface area contributed by atoms with Crippen LogP contribution in [-0.4, -0.2) is 22.6 Å². The number of rotatable bonds is 3. The van der Waals surface area contributed by atoms with E-state index in [1.165, 1.54) is 11.7 Å². The van der Waals surface area contributed by atoms with E-state index in [1.807, 2.05) is 0 Å². The summed E-state index contributed by atoms with van der Waals surface area (Å²) in [5, 5.41) is 0.889. The molecule has 116 valence electrons. The molecule has 5 nitrogen and oxygen atoms in total. The van der Waals surface area contributed by atoms with Crippen molar-refractivity contribution in [2.75, 3.05) is 7.11 Å². The number of methoxy groups -OCH3 is 1. The summed E-state index contributed by atoms with van der Waals surface area (Å²) >= 11 is 6.23. The van der Waals surface area contributed by atoms with Crippen LogP contribution < -0.4 is 5.56 Å². The molecule has 0 radical (unpaired) electrons. The monoisotopic (exact) mass is 328 g/mol. The summed E-state index contributed by atoms with van der Waals surface area (Å²) in [7, 11) is 1.27. The third kappa shape index (κ3) is 2.83. The number of hydrogen-bond acceptors (Lipinski definition) is 4. The first-order chi connectivity index (χ1) is 11.1. The first-order valence-corrected chi connectivity index (χ1v) is 7.31. The molecule has 0 aliphatic heterocycles. The minimum Gasteiger partial charge on any atom is -0.468 e. The maximum atomic E-state index is 12.8. The average Bonchev–Trinajstić information content (AvgIpc) is 2.57. The summed E-state index contributed by atoms with van der Waals surface area (Å²) in [5.41, 5.74) is 0.824. The number of nitrogens with zero attached hydrogens (tertiary/aromatic N) is 2. The molecule has 0 saturated heterocycles. The van der Waals surface area contributed by atoms with E-state index in [-0.39, 0.29) is 12.1 Å². The van der Waals surface area contributed by atoms with Crippen LogP contribution in [0.4, 0.5) is 0 Å². The van der Waals surface area contributed by atoms with E-state index in [2.05, 4.69) is 9.72 Å². The van der Waals surface area contributed by atoms with Gasteiger partial charge in [0.05, 0.1) is 23.0 Å². The number of hydrogen-bond donors (Lipinski definition) is 0. The number of esters is 1. The van der Waals surface area contributed by atoms with Crippen LogP contribution in [0, 0.1) is 0 Å². The predicted octanol–water partition coefficient (Wildman–Crippen LogP) is 2.89. The molecule has 3 aromatic rings. The van der Waals surface area contributed by atoms with E-state index >= 15 is 0 Å². The van der Waals surface area contributed by atoms with Crippen molar-refractivity contribution in [2.45, 2.75) is 6.54 Å². The first kappa shape index (κ1) is 15.2. The Labute approximate surface area is 137 Å². The van der Waals surface area contributed by atoms with Crippen molar-refractivity contribution in [1.29, 1.82) is 0 Å². The first-order valence-electron chi connectivity index (χ1n) is 6.93. The Balaban J connectivity index is 2.34. The normalized spacial score (nSPS) is 10.7. The number of para-hydroxylation sites is 1. The van der Waals surface area contributed by atoms with Gasteiger partial charge in [0.2, 0.25) is 0 Å². The van der Waals surface area contributed by atoms with E-state index in [0.29, 0.717) is 27.3 Å². The SMILES string of the molecule is COC(=O)Cn1c(-c2ccccc2Cl)nc2ccccc2c1=O. The lowest BCUT2D eigenvalue weighted by Gasteiger charge is -2.13. The largest absolute Gasteiger partial charge is 0.468 e. The Hall–Kier alpha value is -2.66. The second kappa shape index (κ2) is 6.22. The maximum absolute atomic E-state index is 12.8. The van der Waals surface area contributed by atoms with Gasteiger partial charge in [-0.15, -0.1) is 0 Å². The van der Waals surface area contributed by atoms with Crippen LogP contribution in [0.15, 0.2) is 53.3 Å². The van der Waals surface area contributed by atoms with Crippen LogP contribution in [0.3, 0.4) is 0 Å². The Morgan fingerprint density at radius 3 is 2.61 bits per heavy atom. The summed E-state index contributed by atoms with van der Waals surface area (Å²) in [5.74, 6) is -0.192. The van der Waals surface area contributed by atoms with Crippen molar-refractivity contribution in [3.05, 3.63) is 63.9 Å². The van der Waals surface area contributed by atoms with Crippen LogP contribution in [0.25, 0.3) is 22.3 Å². The van der Waals surface area contributed by atoms with E-state index in [1.54, 1.807) is 48.5 Å². The Morgan fingerprint density at radius 1 is 1.17 bits per heavy atom. The molecule has 1 heterocycles. The van der Waals surface area contributed by atoms with Crippen molar-refractivity contribution < 1.29 is 9.53 Å². The number of halogens is 1. The van der Waals surface area contributed by atoms with E-state index in [4.69, 9.17) is 11.6 Å². The van der Waals surface area contributed by atoms with Gasteiger partial charge in [-0.3, -0.25) is 14.2 Å². The molecule has 0 aliphatic rings. The van der Waals surface area contributed by atoms with Gasteiger partial charge in [-0.2, -0.15) is 0 Å². The molecule has 0 amide bonds. The number of ether oxygens (including phenoxy) is 1. The molecular weight excluding hydrogens is 316 g/mol. The highest BCUT2D eigenvalue weighted by Crippen LogP contribution is 2.26. The van der Waals surface area contributed by atoms with Gasteiger partial charge in [0, 0.05) is 5.56 Å². The molecule has 0 saturated carbocycles. The minimum absolute atomic E-state index is 0.228. The standard InChI is InChI=1S/C17H13ClN2O3/c1-23-15(21)10-20-16(11-6-2-4-8-13(11)18)19-14-9-5-3-7-12(14)17(20)22/h2-9H,10H2,1H3. The third-order valence-corrected chi connectivity index (χ3v) is 3.82. The number of aromatic nitrogens is 2. The minimum atomic E-state index is -0.530. The Morgan fingerprint density at radius 2 is 1.87 bits per heavy atom. The highest BCUT2D eigenvalue weighted by molar-refractivity contribution is 6.33. The second-order valence-electron chi connectivity index (χ2n) is 4.90. The van der Waals surface area contributed by atoms with Crippen molar-refractivity contribution in [1.82, 2.24) is 9.55 Å². The third-order valence-electron chi connectivity index (χ3n) is 3.49. The van der Waals surface area contributed by atoms with Crippen LogP contribution in [0.2, 0.25) is 5.02 Å². The zero-order valence-corrected chi connectivity index (χ0v) is 13.1. The molecule has 3 rings (SSSR count). The van der Waals surface area contributed by atoms with Crippen molar-refractivity contribution in [2.24, 2.45) is 0 Å². The second-order valence-corrected chi connectivity index (χ2v) is 5.31. The average molecular weight is 329 g/mol. The highest BCUT2D eigenvalue weighted by Gasteiger charge is 2.17. The van der Waals surface area contributed by atoms with Gasteiger partial charge in [-0.25, -0.2) is 4.98 Å². The van der Waals surface area contributed by atoms with Gasteiger partial charge < -0.3 is 4.74 Å². The summed E-state index contributed by atoms with van der Waals surface area (Å²) in [4.78, 5) is 29.0. The molecule has 0 bridgehead atoms. The zero-order valence-electron chi connectivity index (χ0n) is 12.3. The van der Waals surface area contributed by atoms with Crippen LogP contribution in [0.5, 0.6) is 0 Å². The fourth-order valence-corrected chi connectivity index (χ4v) is 2.58. The number of benzene rings is 2. The molecule has 0 fully saturated rings. The summed E-state index contributed by atoms with van der Waals surface area (Å²) in [6, 6.07) is 14.0. The Kier molecular flexibility index (Phi) is 4.12. The van der Waals surface area contributed by atoms with Crippen LogP contribution in [0.1, 0.15) is 0 Å². The van der Waals surface area contributed by atoms with Crippen molar-refractivity contribution >= 4 is 28.5 Å². The lowest BCUT2D eigenvalue weighted by atomic mass is 10.1. The number of carbonyl (C=O) groups excluding carboxylic acids is 1. The van der Waals surface area contributed by atoms with Gasteiger partial charge in [0.15, 0.2) is 0 Å². The van der Waals surface area contributed by atoms with E-state index in [9.17, 15) is 9.59 Å². The van der Waals surface area contributed by atoms with Crippen LogP contribution >= 0.6 is 11.6 Å². The molecule has 1 aromatic heterocycles. The van der Waals surface area contributed by atoms with Gasteiger partial charge in [0.25, 0.3) is 5.56 Å². The quantitative estimate of drug-likeness (QED) is 0.694. The maximum Gasteiger partial charge on any atom is 0.325 e. The Bertz CT molecular complexity index is 950. The summed E-state index contributed by atoms with van der Waals surface area (Å²) in [6.45, 7) is -0.228. The lowest BCUT2D eigenvalue weighted by molar-refractivity contribution is -0.141. The van der Waals surface area contributed by atoms with Crippen molar-refractivity contribution in [3.8, 4) is 11.4 Å². The highest BCUT2D eigenvalue weighted by atomic mass is 35.5.